The smallest absolute Gasteiger partial charge is 0.305 e. The van der Waals surface area contributed by atoms with Crippen molar-refractivity contribution in [3.8, 4) is 28.3 Å². The highest BCUT2D eigenvalue weighted by Crippen LogP contribution is 2.43. The molecule has 2 aromatic heterocycles. The molecular formula is C35H41N3O3. The first kappa shape index (κ1) is 28.5. The third-order valence-corrected chi connectivity index (χ3v) is 7.42. The van der Waals surface area contributed by atoms with Gasteiger partial charge >= 0.3 is 5.97 Å². The number of benzene rings is 3. The summed E-state index contributed by atoms with van der Waals surface area (Å²) in [6.45, 7) is 15.9. The minimum Gasteiger partial charge on any atom is -0.493 e. The molecule has 0 atom stereocenters. The highest BCUT2D eigenvalue weighted by molar-refractivity contribution is 5.89. The predicted octanol–water partition coefficient (Wildman–Crippen LogP) is 8.70. The van der Waals surface area contributed by atoms with Gasteiger partial charge in [-0.3, -0.25) is 4.79 Å². The lowest BCUT2D eigenvalue weighted by Gasteiger charge is -2.30. The van der Waals surface area contributed by atoms with Crippen molar-refractivity contribution < 1.29 is 14.3 Å². The fourth-order valence-corrected chi connectivity index (χ4v) is 5.22. The summed E-state index contributed by atoms with van der Waals surface area (Å²) < 4.78 is 11.5. The van der Waals surface area contributed by atoms with Crippen LogP contribution in [0.4, 0.5) is 0 Å². The second-order valence-corrected chi connectivity index (χ2v) is 12.8. The first-order valence-electron chi connectivity index (χ1n) is 14.5. The largest absolute Gasteiger partial charge is 0.493 e. The molecule has 0 saturated carbocycles. The van der Waals surface area contributed by atoms with Crippen LogP contribution < -0.4 is 4.74 Å². The van der Waals surface area contributed by atoms with E-state index in [9.17, 15) is 4.79 Å². The second kappa shape index (κ2) is 11.1. The summed E-state index contributed by atoms with van der Waals surface area (Å²) in [6.07, 6.45) is 2.93. The van der Waals surface area contributed by atoms with Crippen molar-refractivity contribution in [2.24, 2.45) is 0 Å². The SMILES string of the molecule is CCOC(=O)CCCOc1c(C(C)(C)C)cc(-c2nc3ccc(-c4ccc5[nH]ccc5c4)cc3[nH]2)cc1C(C)(C)C. The van der Waals surface area contributed by atoms with Crippen LogP contribution in [-0.2, 0) is 20.4 Å². The molecule has 0 aliphatic carbocycles. The van der Waals surface area contributed by atoms with Crippen molar-refractivity contribution in [2.75, 3.05) is 13.2 Å². The van der Waals surface area contributed by atoms with Crippen LogP contribution in [0.1, 0.15) is 72.4 Å². The number of nitrogens with one attached hydrogen (secondary N) is 2. The number of aromatic amines is 2. The Balaban J connectivity index is 1.52. The van der Waals surface area contributed by atoms with Crippen LogP contribution in [0.15, 0.2) is 60.8 Å². The minimum absolute atomic E-state index is 0.164. The Hall–Kier alpha value is -4.06. The second-order valence-electron chi connectivity index (χ2n) is 12.8. The summed E-state index contributed by atoms with van der Waals surface area (Å²) in [5, 5.41) is 1.19. The van der Waals surface area contributed by atoms with Gasteiger partial charge in [0.05, 0.1) is 24.2 Å². The first-order chi connectivity index (χ1) is 19.4. The fraction of sp³-hybridized carbons (Fsp3) is 0.371. The third kappa shape index (κ3) is 6.17. The van der Waals surface area contributed by atoms with Gasteiger partial charge < -0.3 is 19.4 Å². The summed E-state index contributed by atoms with van der Waals surface area (Å²) in [5.41, 5.74) is 8.33. The van der Waals surface area contributed by atoms with E-state index in [0.717, 1.165) is 50.4 Å². The molecule has 2 heterocycles. The molecule has 0 radical (unpaired) electrons. The Morgan fingerprint density at radius 1 is 0.829 bits per heavy atom. The number of ether oxygens (including phenoxy) is 2. The highest BCUT2D eigenvalue weighted by atomic mass is 16.5. The molecule has 5 aromatic rings. The Bertz CT molecular complexity index is 1660. The molecule has 5 rings (SSSR count). The number of hydrogen-bond acceptors (Lipinski definition) is 4. The molecule has 2 N–H and O–H groups in total. The number of esters is 1. The lowest BCUT2D eigenvalue weighted by Crippen LogP contribution is -2.20. The van der Waals surface area contributed by atoms with Crippen LogP contribution in [0, 0.1) is 0 Å². The molecule has 0 amide bonds. The zero-order valence-electron chi connectivity index (χ0n) is 25.3. The summed E-state index contributed by atoms with van der Waals surface area (Å²) in [4.78, 5) is 23.7. The Morgan fingerprint density at radius 2 is 1.51 bits per heavy atom. The average Bonchev–Trinajstić information content (AvgIpc) is 3.56. The van der Waals surface area contributed by atoms with Gasteiger partial charge in [-0.15, -0.1) is 0 Å². The quantitative estimate of drug-likeness (QED) is 0.149. The van der Waals surface area contributed by atoms with Crippen molar-refractivity contribution in [2.45, 2.75) is 72.1 Å². The molecule has 0 aliphatic heterocycles. The lowest BCUT2D eigenvalue weighted by atomic mass is 9.78. The van der Waals surface area contributed by atoms with Crippen LogP contribution in [0.25, 0.3) is 44.5 Å². The number of hydrogen-bond donors (Lipinski definition) is 2. The molecule has 0 saturated heterocycles. The predicted molar refractivity (Wildman–Crippen MR) is 168 cm³/mol. The van der Waals surface area contributed by atoms with Gasteiger partial charge in [0.2, 0.25) is 0 Å². The van der Waals surface area contributed by atoms with Crippen molar-refractivity contribution in [3.63, 3.8) is 0 Å². The molecule has 3 aromatic carbocycles. The Morgan fingerprint density at radius 3 is 2.20 bits per heavy atom. The highest BCUT2D eigenvalue weighted by Gasteiger charge is 2.29. The zero-order chi connectivity index (χ0) is 29.4. The average molecular weight is 552 g/mol. The maximum atomic E-state index is 11.8. The molecule has 0 unspecified atom stereocenters. The normalized spacial score (nSPS) is 12.3. The van der Waals surface area contributed by atoms with Gasteiger partial charge in [-0.2, -0.15) is 0 Å². The van der Waals surface area contributed by atoms with E-state index in [1.165, 1.54) is 10.9 Å². The number of carbonyl (C=O) groups is 1. The van der Waals surface area contributed by atoms with Gasteiger partial charge in [0, 0.05) is 34.8 Å². The fourth-order valence-electron chi connectivity index (χ4n) is 5.22. The van der Waals surface area contributed by atoms with E-state index >= 15 is 0 Å². The molecule has 6 heteroatoms. The van der Waals surface area contributed by atoms with E-state index in [4.69, 9.17) is 14.5 Å². The van der Waals surface area contributed by atoms with Crippen molar-refractivity contribution >= 4 is 27.9 Å². The van der Waals surface area contributed by atoms with Gasteiger partial charge in [0.25, 0.3) is 0 Å². The maximum Gasteiger partial charge on any atom is 0.305 e. The van der Waals surface area contributed by atoms with Crippen molar-refractivity contribution in [3.05, 3.63) is 71.9 Å². The van der Waals surface area contributed by atoms with Crippen LogP contribution in [0.5, 0.6) is 5.75 Å². The number of nitrogens with zero attached hydrogens (tertiary/aromatic N) is 1. The number of carbonyl (C=O) groups excluding carboxylic acids is 1. The summed E-state index contributed by atoms with van der Waals surface area (Å²) in [6, 6.07) is 19.4. The number of fused-ring (bicyclic) bond motifs is 2. The van der Waals surface area contributed by atoms with Crippen LogP contribution in [0.2, 0.25) is 0 Å². The summed E-state index contributed by atoms with van der Waals surface area (Å²) in [7, 11) is 0. The maximum absolute atomic E-state index is 11.8. The number of rotatable bonds is 8. The lowest BCUT2D eigenvalue weighted by molar-refractivity contribution is -0.143. The van der Waals surface area contributed by atoms with E-state index in [0.29, 0.717) is 26.1 Å². The van der Waals surface area contributed by atoms with Gasteiger partial charge in [0.15, 0.2) is 0 Å². The Labute approximate surface area is 242 Å². The van der Waals surface area contributed by atoms with Gasteiger partial charge in [-0.05, 0) is 83.2 Å². The molecule has 214 valence electrons. The minimum atomic E-state index is -0.184. The topological polar surface area (TPSA) is 80.0 Å². The van der Waals surface area contributed by atoms with Gasteiger partial charge in [-0.25, -0.2) is 4.98 Å². The van der Waals surface area contributed by atoms with E-state index in [1.54, 1.807) is 0 Å². The van der Waals surface area contributed by atoms with Crippen LogP contribution in [-0.4, -0.2) is 34.1 Å². The van der Waals surface area contributed by atoms with Gasteiger partial charge in [-0.1, -0.05) is 53.7 Å². The third-order valence-electron chi connectivity index (χ3n) is 7.42. The molecule has 0 aliphatic rings. The molecule has 6 nitrogen and oxygen atoms in total. The van der Waals surface area contributed by atoms with E-state index in [2.05, 4.69) is 106 Å². The van der Waals surface area contributed by atoms with Crippen LogP contribution in [0.3, 0.4) is 0 Å². The molecule has 0 spiro atoms. The number of imidazole rings is 1. The first-order valence-corrected chi connectivity index (χ1v) is 14.5. The summed E-state index contributed by atoms with van der Waals surface area (Å²) >= 11 is 0. The number of H-pyrrole nitrogens is 2. The standard InChI is InChI=1S/C35H41N3O3/c1-8-40-31(39)10-9-17-41-32-26(34(2,3)4)19-25(20-27(32)35(5,6)7)33-37-29-14-12-23(21-30(29)38-33)22-11-13-28-24(18-22)15-16-36-28/h11-16,18-21,36H,8-10,17H2,1-7H3,(H,37,38). The van der Waals surface area contributed by atoms with E-state index in [1.807, 2.05) is 13.1 Å². The van der Waals surface area contributed by atoms with Crippen molar-refractivity contribution in [1.29, 1.82) is 0 Å². The number of aromatic nitrogens is 3. The van der Waals surface area contributed by atoms with E-state index in [-0.39, 0.29) is 16.8 Å². The van der Waals surface area contributed by atoms with Gasteiger partial charge in [0.1, 0.15) is 11.6 Å². The Kier molecular flexibility index (Phi) is 7.69. The zero-order valence-corrected chi connectivity index (χ0v) is 25.3. The van der Waals surface area contributed by atoms with Crippen LogP contribution >= 0.6 is 0 Å². The summed E-state index contributed by atoms with van der Waals surface area (Å²) in [5.74, 6) is 1.55. The van der Waals surface area contributed by atoms with Crippen molar-refractivity contribution in [1.82, 2.24) is 15.0 Å². The molecule has 41 heavy (non-hydrogen) atoms. The monoisotopic (exact) mass is 551 g/mol. The molecule has 0 fully saturated rings. The van der Waals surface area contributed by atoms with E-state index < -0.39 is 0 Å². The molecule has 0 bridgehead atoms. The molecular weight excluding hydrogens is 510 g/mol.